The molecular weight excluding hydrogens is 226 g/mol. The number of hydrogen-bond donors (Lipinski definition) is 3. The van der Waals surface area contributed by atoms with Crippen LogP contribution in [0.15, 0.2) is 18.2 Å². The molecule has 1 heterocycles. The highest BCUT2D eigenvalue weighted by Gasteiger charge is 2.25. The molecule has 0 atom stereocenters. The van der Waals surface area contributed by atoms with Gasteiger partial charge in [0.1, 0.15) is 5.75 Å². The van der Waals surface area contributed by atoms with Crippen LogP contribution >= 0.6 is 0 Å². The summed E-state index contributed by atoms with van der Waals surface area (Å²) in [6, 6.07) is 3.50. The van der Waals surface area contributed by atoms with Crippen LogP contribution in [0.1, 0.15) is 0 Å². The van der Waals surface area contributed by atoms with E-state index in [1.165, 1.54) is 12.1 Å². The number of nitrogens with zero attached hydrogens (tertiary/aromatic N) is 1. The van der Waals surface area contributed by atoms with Crippen molar-refractivity contribution in [1.82, 2.24) is 5.32 Å². The standard InChI is InChI=1S/C10H11N3O4/c14-9-2-1-7(13(16)17)3-8(9)12-10(15)6-4-11-5-6/h1-3,6,11,14H,4-5H2,(H,12,15). The molecule has 1 amide bonds. The van der Waals surface area contributed by atoms with Gasteiger partial charge in [-0.1, -0.05) is 0 Å². The van der Waals surface area contributed by atoms with E-state index in [2.05, 4.69) is 10.6 Å². The summed E-state index contributed by atoms with van der Waals surface area (Å²) in [7, 11) is 0. The molecule has 3 N–H and O–H groups in total. The number of phenols is 1. The van der Waals surface area contributed by atoms with Gasteiger partial charge in [0.15, 0.2) is 0 Å². The molecular formula is C10H11N3O4. The second kappa shape index (κ2) is 4.38. The molecule has 0 aliphatic carbocycles. The summed E-state index contributed by atoms with van der Waals surface area (Å²) in [5.74, 6) is -0.579. The smallest absolute Gasteiger partial charge is 0.271 e. The molecule has 90 valence electrons. The van der Waals surface area contributed by atoms with Crippen LogP contribution in [0.2, 0.25) is 0 Å². The summed E-state index contributed by atoms with van der Waals surface area (Å²) in [5, 5.41) is 25.5. The van der Waals surface area contributed by atoms with Crippen molar-refractivity contribution in [3.63, 3.8) is 0 Å². The zero-order valence-corrected chi connectivity index (χ0v) is 8.84. The largest absolute Gasteiger partial charge is 0.506 e. The minimum Gasteiger partial charge on any atom is -0.506 e. The lowest BCUT2D eigenvalue weighted by atomic mass is 10.0. The molecule has 0 radical (unpaired) electrons. The van der Waals surface area contributed by atoms with Gasteiger partial charge in [0.25, 0.3) is 5.69 Å². The van der Waals surface area contributed by atoms with Crippen LogP contribution in [0.5, 0.6) is 5.75 Å². The second-order valence-electron chi connectivity index (χ2n) is 3.80. The molecule has 7 nitrogen and oxygen atoms in total. The Balaban J connectivity index is 2.16. The van der Waals surface area contributed by atoms with Crippen molar-refractivity contribution in [2.24, 2.45) is 5.92 Å². The molecule has 1 aromatic carbocycles. The zero-order valence-electron chi connectivity index (χ0n) is 8.84. The van der Waals surface area contributed by atoms with Gasteiger partial charge in [-0.3, -0.25) is 14.9 Å². The van der Waals surface area contributed by atoms with Gasteiger partial charge in [-0.15, -0.1) is 0 Å². The van der Waals surface area contributed by atoms with E-state index in [4.69, 9.17) is 0 Å². The third-order valence-electron chi connectivity index (χ3n) is 2.60. The maximum atomic E-state index is 11.6. The number of hydrogen-bond acceptors (Lipinski definition) is 5. The number of nitrogens with one attached hydrogen (secondary N) is 2. The van der Waals surface area contributed by atoms with Gasteiger partial charge in [-0.05, 0) is 6.07 Å². The Bertz CT molecular complexity index is 471. The van der Waals surface area contributed by atoms with Crippen LogP contribution < -0.4 is 10.6 Å². The Morgan fingerprint density at radius 3 is 2.76 bits per heavy atom. The van der Waals surface area contributed by atoms with E-state index in [1.54, 1.807) is 0 Å². The Morgan fingerprint density at radius 1 is 1.53 bits per heavy atom. The number of non-ortho nitro benzene ring substituents is 1. The predicted molar refractivity (Wildman–Crippen MR) is 59.8 cm³/mol. The zero-order chi connectivity index (χ0) is 12.4. The SMILES string of the molecule is O=C(Nc1cc([N+](=O)[O-])ccc1O)C1CNC1. The van der Waals surface area contributed by atoms with Crippen LogP contribution in [0.4, 0.5) is 11.4 Å². The fourth-order valence-corrected chi connectivity index (χ4v) is 1.45. The van der Waals surface area contributed by atoms with Crippen molar-refractivity contribution in [3.05, 3.63) is 28.3 Å². The number of anilines is 1. The van der Waals surface area contributed by atoms with Crippen molar-refractivity contribution in [2.45, 2.75) is 0 Å². The van der Waals surface area contributed by atoms with E-state index in [0.29, 0.717) is 13.1 Å². The number of amides is 1. The van der Waals surface area contributed by atoms with E-state index in [-0.39, 0.29) is 28.9 Å². The first-order valence-electron chi connectivity index (χ1n) is 5.07. The number of phenolic OH excluding ortho intramolecular Hbond substituents is 1. The third-order valence-corrected chi connectivity index (χ3v) is 2.60. The van der Waals surface area contributed by atoms with E-state index in [9.17, 15) is 20.0 Å². The first kappa shape index (κ1) is 11.3. The quantitative estimate of drug-likeness (QED) is 0.402. The molecule has 1 saturated heterocycles. The fourth-order valence-electron chi connectivity index (χ4n) is 1.45. The van der Waals surface area contributed by atoms with Crippen LogP contribution in [0.25, 0.3) is 0 Å². The van der Waals surface area contributed by atoms with Gasteiger partial charge in [0.2, 0.25) is 5.91 Å². The summed E-state index contributed by atoms with van der Waals surface area (Å²) in [6.45, 7) is 1.17. The lowest BCUT2D eigenvalue weighted by Crippen LogP contribution is -2.48. The molecule has 7 heteroatoms. The molecule has 0 bridgehead atoms. The second-order valence-corrected chi connectivity index (χ2v) is 3.80. The Kier molecular flexibility index (Phi) is 2.92. The molecule has 1 aromatic rings. The molecule has 1 aliphatic rings. The van der Waals surface area contributed by atoms with Gasteiger partial charge < -0.3 is 15.7 Å². The normalized spacial score (nSPS) is 15.1. The number of nitro groups is 1. The molecule has 0 saturated carbocycles. The number of carbonyl (C=O) groups excluding carboxylic acids is 1. The average molecular weight is 237 g/mol. The first-order valence-corrected chi connectivity index (χ1v) is 5.07. The summed E-state index contributed by atoms with van der Waals surface area (Å²) in [6.07, 6.45) is 0. The Morgan fingerprint density at radius 2 is 2.24 bits per heavy atom. The fraction of sp³-hybridized carbons (Fsp3) is 0.300. The van der Waals surface area contributed by atoms with Crippen molar-refractivity contribution in [1.29, 1.82) is 0 Å². The highest BCUT2D eigenvalue weighted by atomic mass is 16.6. The van der Waals surface area contributed by atoms with Gasteiger partial charge in [0, 0.05) is 25.2 Å². The maximum absolute atomic E-state index is 11.6. The van der Waals surface area contributed by atoms with Crippen molar-refractivity contribution in [3.8, 4) is 5.75 Å². The van der Waals surface area contributed by atoms with E-state index in [1.807, 2.05) is 0 Å². The van der Waals surface area contributed by atoms with Crippen LogP contribution in [0, 0.1) is 16.0 Å². The van der Waals surface area contributed by atoms with E-state index >= 15 is 0 Å². The summed E-state index contributed by atoms with van der Waals surface area (Å²) < 4.78 is 0. The molecule has 0 spiro atoms. The number of aromatic hydroxyl groups is 1. The molecule has 2 rings (SSSR count). The van der Waals surface area contributed by atoms with Gasteiger partial charge in [-0.25, -0.2) is 0 Å². The highest BCUT2D eigenvalue weighted by molar-refractivity contribution is 5.95. The number of rotatable bonds is 3. The van der Waals surface area contributed by atoms with Gasteiger partial charge in [0.05, 0.1) is 16.5 Å². The topological polar surface area (TPSA) is 104 Å². The minimum absolute atomic E-state index is 0.0658. The summed E-state index contributed by atoms with van der Waals surface area (Å²) in [4.78, 5) is 21.6. The molecule has 17 heavy (non-hydrogen) atoms. The third kappa shape index (κ3) is 2.34. The van der Waals surface area contributed by atoms with Crippen molar-refractivity contribution >= 4 is 17.3 Å². The Labute approximate surface area is 96.6 Å². The lowest BCUT2D eigenvalue weighted by molar-refractivity contribution is -0.384. The van der Waals surface area contributed by atoms with Crippen molar-refractivity contribution < 1.29 is 14.8 Å². The molecule has 1 aliphatic heterocycles. The van der Waals surface area contributed by atoms with Gasteiger partial charge in [-0.2, -0.15) is 0 Å². The van der Waals surface area contributed by atoms with E-state index < -0.39 is 4.92 Å². The number of nitro benzene ring substituents is 1. The average Bonchev–Trinajstić information content (AvgIpc) is 2.18. The molecule has 0 aromatic heterocycles. The maximum Gasteiger partial charge on any atom is 0.271 e. The van der Waals surface area contributed by atoms with Gasteiger partial charge >= 0.3 is 0 Å². The lowest BCUT2D eigenvalue weighted by Gasteiger charge is -2.25. The number of benzene rings is 1. The van der Waals surface area contributed by atoms with Crippen LogP contribution in [0.3, 0.4) is 0 Å². The summed E-state index contributed by atoms with van der Waals surface area (Å²) >= 11 is 0. The summed E-state index contributed by atoms with van der Waals surface area (Å²) in [5.41, 5.74) is -0.110. The minimum atomic E-state index is -0.583. The predicted octanol–water partition coefficient (Wildman–Crippen LogP) is 0.458. The molecule has 1 fully saturated rings. The van der Waals surface area contributed by atoms with Crippen molar-refractivity contribution in [2.75, 3.05) is 18.4 Å². The van der Waals surface area contributed by atoms with Crippen LogP contribution in [-0.4, -0.2) is 29.0 Å². The molecule has 0 unspecified atom stereocenters. The van der Waals surface area contributed by atoms with Crippen LogP contribution in [-0.2, 0) is 4.79 Å². The monoisotopic (exact) mass is 237 g/mol. The van der Waals surface area contributed by atoms with E-state index in [0.717, 1.165) is 6.07 Å². The Hall–Kier alpha value is -2.15. The number of carbonyl (C=O) groups is 1. The first-order chi connectivity index (χ1) is 8.08. The highest BCUT2D eigenvalue weighted by Crippen LogP contribution is 2.28.